The van der Waals surface area contributed by atoms with Gasteiger partial charge in [-0.15, -0.1) is 0 Å². The van der Waals surface area contributed by atoms with E-state index in [-0.39, 0.29) is 5.82 Å². The zero-order chi connectivity index (χ0) is 14.8. The SMILES string of the molecule is CCCCCCCCCCC(O)c1ccc(F)cc1Br. The molecule has 0 radical (unpaired) electrons. The molecule has 1 atom stereocenters. The Kier molecular flexibility index (Phi) is 9.12. The lowest BCUT2D eigenvalue weighted by atomic mass is 10.0. The van der Waals surface area contributed by atoms with Crippen molar-refractivity contribution in [2.45, 2.75) is 70.8 Å². The van der Waals surface area contributed by atoms with Crippen LogP contribution in [-0.2, 0) is 0 Å². The molecule has 3 heteroatoms. The minimum absolute atomic E-state index is 0.278. The topological polar surface area (TPSA) is 20.2 Å². The number of benzene rings is 1. The van der Waals surface area contributed by atoms with Crippen molar-refractivity contribution in [1.82, 2.24) is 0 Å². The van der Waals surface area contributed by atoms with Gasteiger partial charge in [0.15, 0.2) is 0 Å². The summed E-state index contributed by atoms with van der Waals surface area (Å²) >= 11 is 3.31. The van der Waals surface area contributed by atoms with E-state index in [0.29, 0.717) is 4.47 Å². The van der Waals surface area contributed by atoms with E-state index in [1.54, 1.807) is 6.07 Å². The van der Waals surface area contributed by atoms with E-state index in [4.69, 9.17) is 0 Å². The fraction of sp³-hybridized carbons (Fsp3) is 0.647. The molecule has 0 heterocycles. The van der Waals surface area contributed by atoms with E-state index in [1.807, 2.05) is 0 Å². The van der Waals surface area contributed by atoms with Crippen molar-refractivity contribution in [2.75, 3.05) is 0 Å². The molecule has 0 aliphatic heterocycles. The first-order chi connectivity index (χ1) is 9.65. The fourth-order valence-corrected chi connectivity index (χ4v) is 3.01. The molecule has 0 fully saturated rings. The molecule has 0 aliphatic carbocycles. The highest BCUT2D eigenvalue weighted by Gasteiger charge is 2.11. The summed E-state index contributed by atoms with van der Waals surface area (Å²) < 4.78 is 13.6. The maximum atomic E-state index is 13.0. The Morgan fingerprint density at radius 2 is 1.65 bits per heavy atom. The molecular weight excluding hydrogens is 319 g/mol. The lowest BCUT2D eigenvalue weighted by Crippen LogP contribution is -1.99. The van der Waals surface area contributed by atoms with Gasteiger partial charge in [-0.25, -0.2) is 4.39 Å². The third-order valence-corrected chi connectivity index (χ3v) is 4.34. The van der Waals surface area contributed by atoms with Gasteiger partial charge < -0.3 is 5.11 Å². The molecule has 0 bridgehead atoms. The molecule has 1 N–H and O–H groups in total. The van der Waals surface area contributed by atoms with Gasteiger partial charge in [0.2, 0.25) is 0 Å². The molecule has 20 heavy (non-hydrogen) atoms. The van der Waals surface area contributed by atoms with Crippen LogP contribution in [0.25, 0.3) is 0 Å². The van der Waals surface area contributed by atoms with E-state index in [0.717, 1.165) is 18.4 Å². The Bertz CT molecular complexity index is 381. The first-order valence-corrected chi connectivity index (χ1v) is 8.57. The van der Waals surface area contributed by atoms with Crippen LogP contribution in [0.3, 0.4) is 0 Å². The molecule has 0 aliphatic rings. The number of hydrogen-bond donors (Lipinski definition) is 1. The zero-order valence-corrected chi connectivity index (χ0v) is 14.0. The van der Waals surface area contributed by atoms with Crippen LogP contribution in [-0.4, -0.2) is 5.11 Å². The molecule has 1 nitrogen and oxygen atoms in total. The fourth-order valence-electron chi connectivity index (χ4n) is 2.40. The van der Waals surface area contributed by atoms with Crippen molar-refractivity contribution in [3.63, 3.8) is 0 Å². The molecule has 0 aromatic heterocycles. The van der Waals surface area contributed by atoms with Gasteiger partial charge in [-0.1, -0.05) is 80.3 Å². The minimum Gasteiger partial charge on any atom is -0.388 e. The van der Waals surface area contributed by atoms with Gasteiger partial charge in [-0.2, -0.15) is 0 Å². The van der Waals surface area contributed by atoms with Crippen LogP contribution in [0.15, 0.2) is 22.7 Å². The average molecular weight is 345 g/mol. The van der Waals surface area contributed by atoms with Gasteiger partial charge in [0, 0.05) is 4.47 Å². The molecule has 0 amide bonds. The minimum atomic E-state index is -0.495. The normalized spacial score (nSPS) is 12.6. The van der Waals surface area contributed by atoms with Crippen molar-refractivity contribution in [3.8, 4) is 0 Å². The summed E-state index contributed by atoms with van der Waals surface area (Å²) in [6.45, 7) is 2.23. The molecule has 1 unspecified atom stereocenters. The predicted molar refractivity (Wildman–Crippen MR) is 86.3 cm³/mol. The molecule has 0 saturated heterocycles. The van der Waals surface area contributed by atoms with Crippen molar-refractivity contribution in [3.05, 3.63) is 34.1 Å². The van der Waals surface area contributed by atoms with Crippen molar-refractivity contribution >= 4 is 15.9 Å². The zero-order valence-electron chi connectivity index (χ0n) is 12.4. The Balaban J connectivity index is 2.15. The van der Waals surface area contributed by atoms with Gasteiger partial charge in [0.25, 0.3) is 0 Å². The van der Waals surface area contributed by atoms with Crippen molar-refractivity contribution < 1.29 is 9.50 Å². The summed E-state index contributed by atoms with van der Waals surface area (Å²) in [6.07, 6.45) is 10.3. The molecule has 1 aromatic rings. The average Bonchev–Trinajstić information content (AvgIpc) is 2.41. The van der Waals surface area contributed by atoms with E-state index in [9.17, 15) is 9.50 Å². The lowest BCUT2D eigenvalue weighted by Gasteiger charge is -2.12. The smallest absolute Gasteiger partial charge is 0.124 e. The molecule has 114 valence electrons. The summed E-state index contributed by atoms with van der Waals surface area (Å²) in [7, 11) is 0. The van der Waals surface area contributed by atoms with Crippen LogP contribution in [0.4, 0.5) is 4.39 Å². The van der Waals surface area contributed by atoms with Crippen LogP contribution in [0, 0.1) is 5.82 Å². The summed E-state index contributed by atoms with van der Waals surface area (Å²) in [5.41, 5.74) is 0.786. The Hall–Kier alpha value is -0.410. The summed E-state index contributed by atoms with van der Waals surface area (Å²) in [5.74, 6) is -0.278. The van der Waals surface area contributed by atoms with E-state index >= 15 is 0 Å². The number of rotatable bonds is 10. The van der Waals surface area contributed by atoms with Crippen LogP contribution in [0.1, 0.15) is 76.4 Å². The Labute approximate surface area is 130 Å². The monoisotopic (exact) mass is 344 g/mol. The Morgan fingerprint density at radius 3 is 2.25 bits per heavy atom. The van der Waals surface area contributed by atoms with Gasteiger partial charge >= 0.3 is 0 Å². The number of hydrogen-bond acceptors (Lipinski definition) is 1. The lowest BCUT2D eigenvalue weighted by molar-refractivity contribution is 0.162. The third-order valence-electron chi connectivity index (χ3n) is 3.65. The maximum absolute atomic E-state index is 13.0. The van der Waals surface area contributed by atoms with E-state index in [1.165, 1.54) is 57.1 Å². The van der Waals surface area contributed by atoms with Gasteiger partial charge in [0.1, 0.15) is 5.82 Å². The second-order valence-electron chi connectivity index (χ2n) is 5.45. The number of unbranched alkanes of at least 4 members (excludes halogenated alkanes) is 7. The van der Waals surface area contributed by atoms with Crippen LogP contribution in [0.5, 0.6) is 0 Å². The first kappa shape index (κ1) is 17.6. The maximum Gasteiger partial charge on any atom is 0.124 e. The van der Waals surface area contributed by atoms with Crippen LogP contribution < -0.4 is 0 Å². The Morgan fingerprint density at radius 1 is 1.05 bits per heavy atom. The highest BCUT2D eigenvalue weighted by Crippen LogP contribution is 2.27. The van der Waals surface area contributed by atoms with Gasteiger partial charge in [-0.3, -0.25) is 0 Å². The first-order valence-electron chi connectivity index (χ1n) is 7.78. The molecule has 0 spiro atoms. The quantitative estimate of drug-likeness (QED) is 0.504. The van der Waals surface area contributed by atoms with E-state index < -0.39 is 6.10 Å². The van der Waals surface area contributed by atoms with E-state index in [2.05, 4.69) is 22.9 Å². The standard InChI is InChI=1S/C17H26BrFO/c1-2-3-4-5-6-7-8-9-10-17(20)15-12-11-14(19)13-16(15)18/h11-13,17,20H,2-10H2,1H3. The number of aliphatic hydroxyl groups is 1. The predicted octanol–water partition coefficient (Wildman–Crippen LogP) is 6.15. The molecule has 1 rings (SSSR count). The van der Waals surface area contributed by atoms with Gasteiger partial charge in [0.05, 0.1) is 6.10 Å². The van der Waals surface area contributed by atoms with Crippen LogP contribution in [0.2, 0.25) is 0 Å². The molecular formula is C17H26BrFO. The number of halogens is 2. The second kappa shape index (κ2) is 10.3. The highest BCUT2D eigenvalue weighted by atomic mass is 79.9. The van der Waals surface area contributed by atoms with Crippen LogP contribution >= 0.6 is 15.9 Å². The molecule has 1 aromatic carbocycles. The third kappa shape index (κ3) is 6.85. The van der Waals surface area contributed by atoms with Gasteiger partial charge in [-0.05, 0) is 24.1 Å². The summed E-state index contributed by atoms with van der Waals surface area (Å²) in [4.78, 5) is 0. The van der Waals surface area contributed by atoms with Crippen molar-refractivity contribution in [2.24, 2.45) is 0 Å². The van der Waals surface area contributed by atoms with Crippen molar-refractivity contribution in [1.29, 1.82) is 0 Å². The largest absolute Gasteiger partial charge is 0.388 e. The summed E-state index contributed by atoms with van der Waals surface area (Å²) in [6, 6.07) is 4.47. The molecule has 0 saturated carbocycles. The number of aliphatic hydroxyl groups excluding tert-OH is 1. The second-order valence-corrected chi connectivity index (χ2v) is 6.30. The summed E-state index contributed by atoms with van der Waals surface area (Å²) in [5, 5.41) is 10.1. The highest BCUT2D eigenvalue weighted by molar-refractivity contribution is 9.10.